The van der Waals surface area contributed by atoms with Gasteiger partial charge in [-0.25, -0.2) is 0 Å². The van der Waals surface area contributed by atoms with Gasteiger partial charge in [0.15, 0.2) is 5.82 Å². The number of anilines is 2. The van der Waals surface area contributed by atoms with Gasteiger partial charge in [-0.2, -0.15) is 14.3 Å². The van der Waals surface area contributed by atoms with Crippen molar-refractivity contribution in [1.29, 1.82) is 0 Å². The fourth-order valence-electron chi connectivity index (χ4n) is 3.38. The number of rotatable bonds is 5. The lowest BCUT2D eigenvalue weighted by atomic mass is 10.1. The maximum atomic E-state index is 13.2. The first kappa shape index (κ1) is 25.9. The summed E-state index contributed by atoms with van der Waals surface area (Å²) in [4.78, 5) is 42.0. The lowest BCUT2D eigenvalue weighted by molar-refractivity contribution is -0.274. The minimum Gasteiger partial charge on any atom is -0.406 e. The zero-order valence-electron chi connectivity index (χ0n) is 19.0. The summed E-state index contributed by atoms with van der Waals surface area (Å²) in [7, 11) is 1.61. The number of ether oxygens (including phenoxy) is 1. The fraction of sp³-hybridized carbons (Fsp3) is 0.167. The summed E-state index contributed by atoms with van der Waals surface area (Å²) in [6, 6.07) is 13.4. The predicted octanol–water partition coefficient (Wildman–Crippen LogP) is 3.71. The minimum atomic E-state index is -4.82. The van der Waals surface area contributed by atoms with Crippen LogP contribution in [0.5, 0.6) is 5.75 Å². The van der Waals surface area contributed by atoms with E-state index >= 15 is 0 Å². The van der Waals surface area contributed by atoms with Crippen LogP contribution in [0, 0.1) is 0 Å². The molecule has 0 unspecified atom stereocenters. The van der Waals surface area contributed by atoms with Gasteiger partial charge in [0.1, 0.15) is 11.4 Å². The van der Waals surface area contributed by atoms with E-state index < -0.39 is 17.7 Å². The Bertz CT molecular complexity index is 1540. The SMILES string of the molecule is CCc1ccc2c(Nc3cccn(C)c3=O)nn(-c3ccc(OC(F)(F)F)cc3)c(=O)c2c1.O=C=O. The maximum absolute atomic E-state index is 13.2. The molecule has 0 spiro atoms. The van der Waals surface area contributed by atoms with Gasteiger partial charge in [-0.3, -0.25) is 9.59 Å². The van der Waals surface area contributed by atoms with Gasteiger partial charge < -0.3 is 14.6 Å². The molecule has 0 bridgehead atoms. The average Bonchev–Trinajstić information content (AvgIpc) is 2.83. The molecule has 36 heavy (non-hydrogen) atoms. The third-order valence-electron chi connectivity index (χ3n) is 5.06. The van der Waals surface area contributed by atoms with Gasteiger partial charge in [0.05, 0.1) is 11.1 Å². The molecule has 9 nitrogen and oxygen atoms in total. The van der Waals surface area contributed by atoms with E-state index in [2.05, 4.69) is 15.2 Å². The van der Waals surface area contributed by atoms with Crippen molar-refractivity contribution in [3.63, 3.8) is 0 Å². The smallest absolute Gasteiger partial charge is 0.406 e. The van der Waals surface area contributed by atoms with Crippen molar-refractivity contribution < 1.29 is 27.5 Å². The van der Waals surface area contributed by atoms with Gasteiger partial charge in [-0.1, -0.05) is 19.1 Å². The van der Waals surface area contributed by atoms with Crippen LogP contribution >= 0.6 is 0 Å². The van der Waals surface area contributed by atoms with Crippen molar-refractivity contribution in [3.8, 4) is 11.4 Å². The van der Waals surface area contributed by atoms with Crippen LogP contribution in [0.3, 0.4) is 0 Å². The van der Waals surface area contributed by atoms with Crippen molar-refractivity contribution in [2.45, 2.75) is 19.7 Å². The number of aryl methyl sites for hydroxylation is 2. The summed E-state index contributed by atoms with van der Waals surface area (Å²) < 4.78 is 43.8. The summed E-state index contributed by atoms with van der Waals surface area (Å²) in [6.45, 7) is 1.95. The van der Waals surface area contributed by atoms with Gasteiger partial charge in [-0.05, 0) is 54.4 Å². The van der Waals surface area contributed by atoms with Crippen LogP contribution in [0.4, 0.5) is 24.7 Å². The van der Waals surface area contributed by atoms with E-state index in [9.17, 15) is 22.8 Å². The van der Waals surface area contributed by atoms with Gasteiger partial charge in [0.25, 0.3) is 11.1 Å². The molecule has 2 aromatic carbocycles. The Kier molecular flexibility index (Phi) is 7.70. The lowest BCUT2D eigenvalue weighted by Gasteiger charge is -2.14. The Morgan fingerprint density at radius 3 is 2.28 bits per heavy atom. The third-order valence-corrected chi connectivity index (χ3v) is 5.06. The highest BCUT2D eigenvalue weighted by atomic mass is 19.4. The first-order chi connectivity index (χ1) is 17.1. The predicted molar refractivity (Wildman–Crippen MR) is 123 cm³/mol. The number of hydrogen-bond donors (Lipinski definition) is 1. The number of hydrogen-bond acceptors (Lipinski definition) is 7. The van der Waals surface area contributed by atoms with Gasteiger partial charge in [-0.15, -0.1) is 18.3 Å². The molecule has 4 rings (SSSR count). The molecule has 186 valence electrons. The molecule has 2 heterocycles. The van der Waals surface area contributed by atoms with Crippen LogP contribution in [-0.4, -0.2) is 26.9 Å². The summed E-state index contributed by atoms with van der Waals surface area (Å²) >= 11 is 0. The molecule has 0 aliphatic carbocycles. The summed E-state index contributed by atoms with van der Waals surface area (Å²) in [6.07, 6.45) is -2.27. The molecule has 0 atom stereocenters. The highest BCUT2D eigenvalue weighted by molar-refractivity contribution is 5.93. The summed E-state index contributed by atoms with van der Waals surface area (Å²) in [5.41, 5.74) is 0.683. The summed E-state index contributed by atoms with van der Waals surface area (Å²) in [5, 5.41) is 8.24. The number of fused-ring (bicyclic) bond motifs is 1. The molecule has 0 fully saturated rings. The fourth-order valence-corrected chi connectivity index (χ4v) is 3.38. The number of nitrogens with zero attached hydrogens (tertiary/aromatic N) is 3. The standard InChI is InChI=1S/C23H19F3N4O3.CO2/c1-3-14-6-11-17-18(13-14)21(31)30(15-7-9-16(10-8-15)33-23(24,25)26)28-20(17)27-19-5-4-12-29(2)22(19)32;2-1-3/h4-13H,3H2,1-2H3,(H,27,28);. The van der Waals surface area contributed by atoms with Crippen LogP contribution < -0.4 is 21.2 Å². The quantitative estimate of drug-likeness (QED) is 0.445. The second kappa shape index (κ2) is 10.7. The number of nitrogens with one attached hydrogen (secondary N) is 1. The lowest BCUT2D eigenvalue weighted by Crippen LogP contribution is -2.24. The highest BCUT2D eigenvalue weighted by Gasteiger charge is 2.31. The molecule has 0 saturated carbocycles. The molecule has 0 saturated heterocycles. The Morgan fingerprint density at radius 2 is 1.67 bits per heavy atom. The molecule has 2 aromatic heterocycles. The topological polar surface area (TPSA) is 112 Å². The largest absolute Gasteiger partial charge is 0.573 e. The van der Waals surface area contributed by atoms with E-state index in [4.69, 9.17) is 9.59 Å². The van der Waals surface area contributed by atoms with Crippen molar-refractivity contribution in [3.05, 3.63) is 87.1 Å². The van der Waals surface area contributed by atoms with E-state index in [1.807, 2.05) is 13.0 Å². The van der Waals surface area contributed by atoms with Crippen molar-refractivity contribution >= 4 is 28.4 Å². The number of alkyl halides is 3. The van der Waals surface area contributed by atoms with E-state index in [1.54, 1.807) is 37.5 Å². The molecule has 12 heteroatoms. The third kappa shape index (κ3) is 5.86. The van der Waals surface area contributed by atoms with Crippen LogP contribution in [-0.2, 0) is 23.1 Å². The molecular weight excluding hydrogens is 481 g/mol. The molecular formula is C24H19F3N4O5. The highest BCUT2D eigenvalue weighted by Crippen LogP contribution is 2.26. The van der Waals surface area contributed by atoms with E-state index in [0.717, 1.165) is 22.4 Å². The second-order valence-corrected chi connectivity index (χ2v) is 7.39. The minimum absolute atomic E-state index is 0.238. The van der Waals surface area contributed by atoms with Gasteiger partial charge >= 0.3 is 12.5 Å². The molecule has 0 amide bonds. The number of halogens is 3. The van der Waals surface area contributed by atoms with Gasteiger partial charge in [0.2, 0.25) is 0 Å². The van der Waals surface area contributed by atoms with Crippen molar-refractivity contribution in [2.24, 2.45) is 7.05 Å². The number of pyridine rings is 1. The first-order valence-electron chi connectivity index (χ1n) is 10.4. The summed E-state index contributed by atoms with van der Waals surface area (Å²) in [5.74, 6) is -0.161. The molecule has 0 aliphatic heterocycles. The zero-order valence-corrected chi connectivity index (χ0v) is 19.0. The van der Waals surface area contributed by atoms with Crippen molar-refractivity contribution in [1.82, 2.24) is 14.3 Å². The van der Waals surface area contributed by atoms with Gasteiger partial charge in [0, 0.05) is 18.6 Å². The molecule has 1 N–H and O–H groups in total. The Labute approximate surface area is 201 Å². The van der Waals surface area contributed by atoms with Crippen molar-refractivity contribution in [2.75, 3.05) is 5.32 Å². The first-order valence-corrected chi connectivity index (χ1v) is 10.4. The Morgan fingerprint density at radius 1 is 1.00 bits per heavy atom. The number of aromatic nitrogens is 3. The second-order valence-electron chi connectivity index (χ2n) is 7.39. The molecule has 4 aromatic rings. The number of carbonyl (C=O) groups excluding carboxylic acids is 2. The number of benzene rings is 2. The van der Waals surface area contributed by atoms with Crippen LogP contribution in [0.2, 0.25) is 0 Å². The van der Waals surface area contributed by atoms with E-state index in [1.165, 1.54) is 16.7 Å². The van der Waals surface area contributed by atoms with E-state index in [0.29, 0.717) is 17.2 Å². The van der Waals surface area contributed by atoms with E-state index in [-0.39, 0.29) is 28.9 Å². The Hall–Kier alpha value is -4.70. The van der Waals surface area contributed by atoms with Crippen LogP contribution in [0.25, 0.3) is 16.5 Å². The molecule has 0 aliphatic rings. The average molecular weight is 500 g/mol. The Balaban J connectivity index is 0.00000115. The normalized spacial score (nSPS) is 10.8. The monoisotopic (exact) mass is 500 g/mol. The van der Waals surface area contributed by atoms with Crippen LogP contribution in [0.1, 0.15) is 12.5 Å². The maximum Gasteiger partial charge on any atom is 0.573 e. The van der Waals surface area contributed by atoms with Crippen LogP contribution in [0.15, 0.2) is 70.4 Å². The molecule has 0 radical (unpaired) electrons. The zero-order chi connectivity index (χ0) is 26.5.